The lowest BCUT2D eigenvalue weighted by Gasteiger charge is -2.26. The molecule has 0 spiro atoms. The second kappa shape index (κ2) is 4.75. The van der Waals surface area contributed by atoms with Crippen molar-refractivity contribution >= 4 is 0 Å². The fraction of sp³-hybridized carbons (Fsp3) is 0.333. The van der Waals surface area contributed by atoms with Crippen LogP contribution in [0.4, 0.5) is 0 Å². The number of nitrogens with two attached hydrogens (primary N) is 1. The summed E-state index contributed by atoms with van der Waals surface area (Å²) in [6.45, 7) is 1.56. The van der Waals surface area contributed by atoms with E-state index < -0.39 is 0 Å². The molecule has 2 N–H and O–H groups in total. The summed E-state index contributed by atoms with van der Waals surface area (Å²) >= 11 is 0. The molecular formula is C12H13N3O3. The van der Waals surface area contributed by atoms with Crippen molar-refractivity contribution in [2.45, 2.75) is 12.6 Å². The van der Waals surface area contributed by atoms with E-state index in [4.69, 9.17) is 19.7 Å². The first-order chi connectivity index (χ1) is 8.85. The van der Waals surface area contributed by atoms with Crippen LogP contribution in [-0.2, 0) is 11.3 Å². The Morgan fingerprint density at radius 1 is 1.28 bits per heavy atom. The Balaban J connectivity index is 1.73. The second-order valence-electron chi connectivity index (χ2n) is 4.02. The van der Waals surface area contributed by atoms with Gasteiger partial charge in [0.15, 0.2) is 0 Å². The van der Waals surface area contributed by atoms with Crippen LogP contribution in [0.1, 0.15) is 5.89 Å². The lowest BCUT2D eigenvalue weighted by Crippen LogP contribution is -2.38. The predicted octanol–water partition coefficient (Wildman–Crippen LogP) is 0.973. The van der Waals surface area contributed by atoms with Crippen molar-refractivity contribution in [3.8, 4) is 17.1 Å². The summed E-state index contributed by atoms with van der Waals surface area (Å²) in [5.74, 6) is 1.78. The summed E-state index contributed by atoms with van der Waals surface area (Å²) in [5, 5.41) is 3.85. The standard InChI is InChI=1S/C12H13N3O3/c13-5-11-14-12(15-18-11)8-1-3-9(4-2-8)17-10-6-16-7-10/h1-4,10H,5-7,13H2. The second-order valence-corrected chi connectivity index (χ2v) is 4.02. The average Bonchev–Trinajstić information content (AvgIpc) is 2.83. The van der Waals surface area contributed by atoms with Gasteiger partial charge in [0.2, 0.25) is 11.7 Å². The SMILES string of the molecule is NCc1nc(-c2ccc(OC3COC3)cc2)no1. The molecule has 6 nitrogen and oxygen atoms in total. The highest BCUT2D eigenvalue weighted by Gasteiger charge is 2.19. The van der Waals surface area contributed by atoms with E-state index in [0.717, 1.165) is 11.3 Å². The van der Waals surface area contributed by atoms with Gasteiger partial charge < -0.3 is 19.7 Å². The summed E-state index contributed by atoms with van der Waals surface area (Å²) in [6, 6.07) is 7.54. The molecule has 3 rings (SSSR count). The lowest BCUT2D eigenvalue weighted by atomic mass is 10.2. The van der Waals surface area contributed by atoms with E-state index in [9.17, 15) is 0 Å². The molecule has 1 fully saturated rings. The zero-order valence-corrected chi connectivity index (χ0v) is 9.70. The van der Waals surface area contributed by atoms with Crippen LogP contribution in [0.3, 0.4) is 0 Å². The van der Waals surface area contributed by atoms with Crippen molar-refractivity contribution < 1.29 is 14.0 Å². The smallest absolute Gasteiger partial charge is 0.240 e. The maximum Gasteiger partial charge on any atom is 0.240 e. The quantitative estimate of drug-likeness (QED) is 0.866. The van der Waals surface area contributed by atoms with Crippen LogP contribution in [0.5, 0.6) is 5.75 Å². The van der Waals surface area contributed by atoms with Crippen molar-refractivity contribution in [3.63, 3.8) is 0 Å². The van der Waals surface area contributed by atoms with E-state index in [0.29, 0.717) is 24.9 Å². The summed E-state index contributed by atoms with van der Waals surface area (Å²) < 4.78 is 15.7. The van der Waals surface area contributed by atoms with Crippen LogP contribution < -0.4 is 10.5 Å². The Hall–Kier alpha value is -1.92. The minimum Gasteiger partial charge on any atom is -0.486 e. The molecule has 0 saturated carbocycles. The Bertz CT molecular complexity index is 520. The van der Waals surface area contributed by atoms with E-state index in [1.165, 1.54) is 0 Å². The molecule has 0 radical (unpaired) electrons. The third-order valence-corrected chi connectivity index (χ3v) is 2.67. The molecule has 18 heavy (non-hydrogen) atoms. The van der Waals surface area contributed by atoms with E-state index in [2.05, 4.69) is 10.1 Å². The Labute approximate surface area is 104 Å². The molecule has 0 unspecified atom stereocenters. The van der Waals surface area contributed by atoms with Gasteiger partial charge in [-0.2, -0.15) is 4.98 Å². The number of rotatable bonds is 4. The number of ether oxygens (including phenoxy) is 2. The van der Waals surface area contributed by atoms with Crippen molar-refractivity contribution in [2.75, 3.05) is 13.2 Å². The fourth-order valence-corrected chi connectivity index (χ4v) is 1.61. The number of aromatic nitrogens is 2. The van der Waals surface area contributed by atoms with Crippen LogP contribution in [0.2, 0.25) is 0 Å². The van der Waals surface area contributed by atoms with Gasteiger partial charge in [0, 0.05) is 5.56 Å². The van der Waals surface area contributed by atoms with Crippen LogP contribution >= 0.6 is 0 Å². The number of hydrogen-bond donors (Lipinski definition) is 1. The summed E-state index contributed by atoms with van der Waals surface area (Å²) in [7, 11) is 0. The molecule has 0 bridgehead atoms. The topological polar surface area (TPSA) is 83.4 Å². The lowest BCUT2D eigenvalue weighted by molar-refractivity contribution is -0.0796. The number of benzene rings is 1. The minimum atomic E-state index is 0.171. The Morgan fingerprint density at radius 2 is 2.06 bits per heavy atom. The fourth-order valence-electron chi connectivity index (χ4n) is 1.61. The molecule has 0 amide bonds. The monoisotopic (exact) mass is 247 g/mol. The number of nitrogens with zero attached hydrogens (tertiary/aromatic N) is 2. The van der Waals surface area contributed by atoms with Gasteiger partial charge in [0.1, 0.15) is 11.9 Å². The van der Waals surface area contributed by atoms with Gasteiger partial charge in [-0.05, 0) is 24.3 Å². The zero-order chi connectivity index (χ0) is 12.4. The van der Waals surface area contributed by atoms with E-state index in [1.54, 1.807) is 0 Å². The first kappa shape index (κ1) is 11.2. The Kier molecular flexibility index (Phi) is 2.95. The molecule has 1 aromatic carbocycles. The maximum absolute atomic E-state index is 5.66. The molecule has 94 valence electrons. The average molecular weight is 247 g/mol. The minimum absolute atomic E-state index is 0.171. The van der Waals surface area contributed by atoms with Gasteiger partial charge in [-0.3, -0.25) is 0 Å². The summed E-state index contributed by atoms with van der Waals surface area (Å²) in [6.07, 6.45) is 0.171. The maximum atomic E-state index is 5.66. The highest BCUT2D eigenvalue weighted by atomic mass is 16.6. The highest BCUT2D eigenvalue weighted by Crippen LogP contribution is 2.21. The zero-order valence-electron chi connectivity index (χ0n) is 9.70. The van der Waals surface area contributed by atoms with Gasteiger partial charge >= 0.3 is 0 Å². The molecule has 1 aliphatic rings. The van der Waals surface area contributed by atoms with E-state index in [-0.39, 0.29) is 12.6 Å². The third kappa shape index (κ3) is 2.20. The highest BCUT2D eigenvalue weighted by molar-refractivity contribution is 5.55. The van der Waals surface area contributed by atoms with E-state index >= 15 is 0 Å². The Morgan fingerprint density at radius 3 is 2.61 bits per heavy atom. The van der Waals surface area contributed by atoms with Crippen LogP contribution in [0.15, 0.2) is 28.8 Å². The first-order valence-electron chi connectivity index (χ1n) is 5.72. The first-order valence-corrected chi connectivity index (χ1v) is 5.72. The third-order valence-electron chi connectivity index (χ3n) is 2.67. The van der Waals surface area contributed by atoms with Crippen molar-refractivity contribution in [1.82, 2.24) is 10.1 Å². The van der Waals surface area contributed by atoms with Gasteiger partial charge in [-0.1, -0.05) is 5.16 Å². The molecule has 1 aromatic heterocycles. The van der Waals surface area contributed by atoms with E-state index in [1.807, 2.05) is 24.3 Å². The molecule has 6 heteroatoms. The van der Waals surface area contributed by atoms with Crippen molar-refractivity contribution in [2.24, 2.45) is 5.73 Å². The van der Waals surface area contributed by atoms with Gasteiger partial charge in [0.25, 0.3) is 0 Å². The van der Waals surface area contributed by atoms with Gasteiger partial charge in [-0.15, -0.1) is 0 Å². The van der Waals surface area contributed by atoms with Gasteiger partial charge in [0.05, 0.1) is 19.8 Å². The summed E-state index contributed by atoms with van der Waals surface area (Å²) in [5.41, 5.74) is 6.28. The van der Waals surface area contributed by atoms with Crippen molar-refractivity contribution in [1.29, 1.82) is 0 Å². The molecular weight excluding hydrogens is 234 g/mol. The largest absolute Gasteiger partial charge is 0.486 e. The molecule has 0 aliphatic carbocycles. The summed E-state index contributed by atoms with van der Waals surface area (Å²) in [4.78, 5) is 4.15. The molecule has 2 aromatic rings. The molecule has 1 saturated heterocycles. The van der Waals surface area contributed by atoms with Crippen LogP contribution in [-0.4, -0.2) is 29.5 Å². The van der Waals surface area contributed by atoms with Gasteiger partial charge in [-0.25, -0.2) is 0 Å². The van der Waals surface area contributed by atoms with Crippen LogP contribution in [0.25, 0.3) is 11.4 Å². The molecule has 1 aliphatic heterocycles. The number of hydrogen-bond acceptors (Lipinski definition) is 6. The van der Waals surface area contributed by atoms with Crippen molar-refractivity contribution in [3.05, 3.63) is 30.2 Å². The van der Waals surface area contributed by atoms with Crippen LogP contribution in [0, 0.1) is 0 Å². The molecule has 0 atom stereocenters. The normalized spacial score (nSPS) is 15.4. The predicted molar refractivity (Wildman–Crippen MR) is 62.9 cm³/mol. The molecule has 2 heterocycles.